The highest BCUT2D eigenvalue weighted by molar-refractivity contribution is 7.89. The van der Waals surface area contributed by atoms with Gasteiger partial charge in [-0.05, 0) is 37.3 Å². The van der Waals surface area contributed by atoms with Gasteiger partial charge in [-0.3, -0.25) is 0 Å². The van der Waals surface area contributed by atoms with Crippen LogP contribution < -0.4 is 0 Å². The highest BCUT2D eigenvalue weighted by Crippen LogP contribution is 2.24. The molecule has 1 aromatic rings. The Morgan fingerprint density at radius 1 is 1.38 bits per heavy atom. The van der Waals surface area contributed by atoms with Crippen LogP contribution in [-0.2, 0) is 10.0 Å². The fraction of sp³-hybridized carbons (Fsp3) is 0.571. The van der Waals surface area contributed by atoms with Gasteiger partial charge in [-0.15, -0.1) is 0 Å². The molecule has 1 saturated heterocycles. The summed E-state index contributed by atoms with van der Waals surface area (Å²) < 4.78 is 26.5. The lowest BCUT2D eigenvalue weighted by Gasteiger charge is -2.19. The molecular formula is C14H20N2O4S. The van der Waals surface area contributed by atoms with E-state index in [9.17, 15) is 13.2 Å². The van der Waals surface area contributed by atoms with Crippen molar-refractivity contribution in [1.82, 2.24) is 9.29 Å². The summed E-state index contributed by atoms with van der Waals surface area (Å²) in [5.41, 5.74) is -0.0177. The summed E-state index contributed by atoms with van der Waals surface area (Å²) in [4.78, 5) is 14.6. The second kappa shape index (κ2) is 6.53. The van der Waals surface area contributed by atoms with Crippen LogP contribution in [0.2, 0.25) is 0 Å². The van der Waals surface area contributed by atoms with Crippen molar-refractivity contribution in [3.05, 3.63) is 23.9 Å². The first kappa shape index (κ1) is 15.9. The lowest BCUT2D eigenvalue weighted by Crippen LogP contribution is -2.32. The van der Waals surface area contributed by atoms with E-state index in [1.165, 1.54) is 16.4 Å². The molecule has 2 rings (SSSR count). The molecule has 116 valence electrons. The summed E-state index contributed by atoms with van der Waals surface area (Å²) in [5, 5.41) is 8.74. The largest absolute Gasteiger partial charge is 0.478 e. The average Bonchev–Trinajstić information content (AvgIpc) is 2.73. The van der Waals surface area contributed by atoms with E-state index in [4.69, 9.17) is 5.11 Å². The number of aromatic nitrogens is 1. The minimum atomic E-state index is -3.63. The first-order valence-corrected chi connectivity index (χ1v) is 8.58. The summed E-state index contributed by atoms with van der Waals surface area (Å²) in [5.74, 6) is -0.542. The van der Waals surface area contributed by atoms with E-state index >= 15 is 0 Å². The van der Waals surface area contributed by atoms with Crippen molar-refractivity contribution in [2.45, 2.75) is 37.6 Å². The van der Waals surface area contributed by atoms with E-state index in [1.54, 1.807) is 0 Å². The Hall–Kier alpha value is -1.47. The van der Waals surface area contributed by atoms with E-state index in [1.807, 2.05) is 0 Å². The number of rotatable bonds is 4. The van der Waals surface area contributed by atoms with Crippen LogP contribution in [0.25, 0.3) is 0 Å². The number of carbonyl (C=O) groups is 1. The molecule has 1 unspecified atom stereocenters. The van der Waals surface area contributed by atoms with Crippen LogP contribution >= 0.6 is 0 Å². The van der Waals surface area contributed by atoms with Crippen LogP contribution in [0.5, 0.6) is 0 Å². The van der Waals surface area contributed by atoms with Crippen LogP contribution in [0.1, 0.15) is 43.0 Å². The Labute approximate surface area is 124 Å². The van der Waals surface area contributed by atoms with Crippen molar-refractivity contribution in [3.63, 3.8) is 0 Å². The zero-order valence-corrected chi connectivity index (χ0v) is 12.8. The summed E-state index contributed by atoms with van der Waals surface area (Å²) in [6, 6.07) is 2.54. The third-order valence-electron chi connectivity index (χ3n) is 3.97. The van der Waals surface area contributed by atoms with Crippen molar-refractivity contribution in [2.24, 2.45) is 5.92 Å². The van der Waals surface area contributed by atoms with Gasteiger partial charge in [0, 0.05) is 19.3 Å². The number of hydrogen-bond donors (Lipinski definition) is 1. The summed E-state index contributed by atoms with van der Waals surface area (Å²) in [7, 11) is -3.63. The van der Waals surface area contributed by atoms with Gasteiger partial charge < -0.3 is 5.11 Å². The highest BCUT2D eigenvalue weighted by Gasteiger charge is 2.28. The molecule has 6 nitrogen and oxygen atoms in total. The number of nitrogens with zero attached hydrogens (tertiary/aromatic N) is 2. The van der Waals surface area contributed by atoms with Crippen molar-refractivity contribution < 1.29 is 18.3 Å². The average molecular weight is 312 g/mol. The molecule has 1 aliphatic rings. The maximum absolute atomic E-state index is 12.5. The molecule has 1 fully saturated rings. The molecule has 0 radical (unpaired) electrons. The number of aromatic carboxylic acids is 1. The van der Waals surface area contributed by atoms with E-state index in [0.29, 0.717) is 19.0 Å². The molecule has 1 N–H and O–H groups in total. The number of sulfonamides is 1. The monoisotopic (exact) mass is 312 g/mol. The molecule has 2 heterocycles. The van der Waals surface area contributed by atoms with Gasteiger partial charge in [0.25, 0.3) is 10.0 Å². The quantitative estimate of drug-likeness (QED) is 0.918. The van der Waals surface area contributed by atoms with Gasteiger partial charge in [-0.2, -0.15) is 4.31 Å². The highest BCUT2D eigenvalue weighted by atomic mass is 32.2. The Morgan fingerprint density at radius 2 is 2.14 bits per heavy atom. The fourth-order valence-corrected chi connectivity index (χ4v) is 3.98. The first-order chi connectivity index (χ1) is 9.95. The third-order valence-corrected chi connectivity index (χ3v) is 5.79. The number of carboxylic acids is 1. The van der Waals surface area contributed by atoms with E-state index < -0.39 is 16.0 Å². The zero-order valence-electron chi connectivity index (χ0n) is 12.0. The van der Waals surface area contributed by atoms with Crippen molar-refractivity contribution in [1.29, 1.82) is 0 Å². The van der Waals surface area contributed by atoms with E-state index in [0.717, 1.165) is 31.9 Å². The van der Waals surface area contributed by atoms with Crippen LogP contribution in [0.3, 0.4) is 0 Å². The van der Waals surface area contributed by atoms with Gasteiger partial charge in [-0.1, -0.05) is 13.3 Å². The first-order valence-electron chi connectivity index (χ1n) is 7.14. The molecule has 0 aliphatic carbocycles. The molecule has 0 bridgehead atoms. The molecule has 21 heavy (non-hydrogen) atoms. The topological polar surface area (TPSA) is 87.6 Å². The maximum Gasteiger partial charge on any atom is 0.337 e. The molecule has 0 aromatic carbocycles. The zero-order chi connectivity index (χ0) is 15.5. The van der Waals surface area contributed by atoms with Gasteiger partial charge in [0.1, 0.15) is 0 Å². The van der Waals surface area contributed by atoms with Crippen molar-refractivity contribution in [3.8, 4) is 0 Å². The second-order valence-corrected chi connectivity index (χ2v) is 7.18. The molecular weight excluding hydrogens is 292 g/mol. The summed E-state index contributed by atoms with van der Waals surface area (Å²) in [6.07, 6.45) is 4.92. The van der Waals surface area contributed by atoms with Crippen LogP contribution in [-0.4, -0.2) is 41.9 Å². The molecule has 0 saturated carbocycles. The minimum Gasteiger partial charge on any atom is -0.478 e. The number of pyridine rings is 1. The molecule has 7 heteroatoms. The number of carboxylic acid groups (broad SMARTS) is 1. The van der Waals surface area contributed by atoms with Crippen LogP contribution in [0, 0.1) is 5.92 Å². The SMILES string of the molecule is CCC1CCCN(S(=O)(=O)c2ccc(C(=O)O)cn2)CC1. The fourth-order valence-electron chi connectivity index (χ4n) is 2.58. The van der Waals surface area contributed by atoms with Crippen molar-refractivity contribution >= 4 is 16.0 Å². The van der Waals surface area contributed by atoms with Gasteiger partial charge in [-0.25, -0.2) is 18.2 Å². The molecule has 0 spiro atoms. The third kappa shape index (κ3) is 3.59. The Bertz CT molecular complexity index is 598. The van der Waals surface area contributed by atoms with Gasteiger partial charge in [0.05, 0.1) is 5.56 Å². The van der Waals surface area contributed by atoms with E-state index in [2.05, 4.69) is 11.9 Å². The lowest BCUT2D eigenvalue weighted by molar-refractivity contribution is 0.0696. The molecule has 1 atom stereocenters. The minimum absolute atomic E-state index is 0.0177. The standard InChI is InChI=1S/C14H20N2O4S/c1-2-11-4-3-8-16(9-7-11)21(19,20)13-6-5-12(10-15-13)14(17)18/h5-6,10-11H,2-4,7-9H2,1H3,(H,17,18). The molecule has 0 amide bonds. The Kier molecular flexibility index (Phi) is 4.95. The predicted octanol–water partition coefficient (Wildman–Crippen LogP) is 1.98. The lowest BCUT2D eigenvalue weighted by atomic mass is 9.98. The van der Waals surface area contributed by atoms with E-state index in [-0.39, 0.29) is 10.6 Å². The Balaban J connectivity index is 2.19. The number of hydrogen-bond acceptors (Lipinski definition) is 4. The maximum atomic E-state index is 12.5. The smallest absolute Gasteiger partial charge is 0.337 e. The van der Waals surface area contributed by atoms with Gasteiger partial charge in [0.15, 0.2) is 5.03 Å². The summed E-state index contributed by atoms with van der Waals surface area (Å²) >= 11 is 0. The summed E-state index contributed by atoms with van der Waals surface area (Å²) in [6.45, 7) is 3.13. The van der Waals surface area contributed by atoms with Crippen LogP contribution in [0.15, 0.2) is 23.4 Å². The Morgan fingerprint density at radius 3 is 2.71 bits per heavy atom. The van der Waals surface area contributed by atoms with Crippen molar-refractivity contribution in [2.75, 3.05) is 13.1 Å². The van der Waals surface area contributed by atoms with Gasteiger partial charge in [0.2, 0.25) is 0 Å². The second-order valence-electron chi connectivity index (χ2n) is 5.30. The molecule has 1 aromatic heterocycles. The predicted molar refractivity (Wildman–Crippen MR) is 77.6 cm³/mol. The normalized spacial score (nSPS) is 20.9. The van der Waals surface area contributed by atoms with Gasteiger partial charge >= 0.3 is 5.97 Å². The van der Waals surface area contributed by atoms with Crippen LogP contribution in [0.4, 0.5) is 0 Å². The molecule has 1 aliphatic heterocycles.